The first kappa shape index (κ1) is 21.8. The number of carbonyl (C=O) groups is 1. The highest BCUT2D eigenvalue weighted by Gasteiger charge is 2.14. The van der Waals surface area contributed by atoms with Crippen LogP contribution >= 0.6 is 12.2 Å². The molecule has 0 unspecified atom stereocenters. The standard InChI is InChI=1S/C29H19N3O3S/c33-27(26-16-21-8-4-5-9-24(21)34-26)32-29(36)30-22-14-15-25-23(17-22)31-28(35-25)20-12-10-19(11-13-20)18-6-2-1-3-7-18/h1-17H,(H2,30,32,33,36). The quantitative estimate of drug-likeness (QED) is 0.259. The van der Waals surface area contributed by atoms with Crippen LogP contribution in [0.1, 0.15) is 10.6 Å². The molecule has 1 amide bonds. The van der Waals surface area contributed by atoms with Crippen LogP contribution in [0.25, 0.3) is 44.7 Å². The first-order valence-corrected chi connectivity index (χ1v) is 11.7. The normalized spacial score (nSPS) is 11.0. The van der Waals surface area contributed by atoms with Gasteiger partial charge in [0.15, 0.2) is 16.5 Å². The third kappa shape index (κ3) is 4.35. The fourth-order valence-electron chi connectivity index (χ4n) is 3.99. The SMILES string of the molecule is O=C(NC(=S)Nc1ccc2oc(-c3ccc(-c4ccccc4)cc3)nc2c1)c1cc2ccccc2o1. The van der Waals surface area contributed by atoms with E-state index >= 15 is 0 Å². The number of amides is 1. The minimum Gasteiger partial charge on any atom is -0.451 e. The number of nitrogens with zero attached hydrogens (tertiary/aromatic N) is 1. The van der Waals surface area contributed by atoms with E-state index in [2.05, 4.69) is 39.9 Å². The lowest BCUT2D eigenvalue weighted by atomic mass is 10.0. The summed E-state index contributed by atoms with van der Waals surface area (Å²) in [4.78, 5) is 17.2. The maximum atomic E-state index is 12.5. The average molecular weight is 490 g/mol. The Morgan fingerprint density at radius 1 is 0.722 bits per heavy atom. The zero-order valence-electron chi connectivity index (χ0n) is 18.9. The Kier molecular flexibility index (Phi) is 5.52. The number of hydrogen-bond acceptors (Lipinski definition) is 5. The van der Waals surface area contributed by atoms with Gasteiger partial charge in [-0.1, -0.05) is 60.7 Å². The number of thiocarbonyl (C=S) groups is 1. The molecule has 0 spiro atoms. The molecule has 0 aliphatic carbocycles. The van der Waals surface area contributed by atoms with Crippen LogP contribution in [0, 0.1) is 0 Å². The van der Waals surface area contributed by atoms with E-state index in [0.29, 0.717) is 28.3 Å². The molecule has 6 rings (SSSR count). The van der Waals surface area contributed by atoms with E-state index < -0.39 is 5.91 Å². The third-order valence-electron chi connectivity index (χ3n) is 5.76. The summed E-state index contributed by atoms with van der Waals surface area (Å²) in [6.07, 6.45) is 0. The number of benzene rings is 4. The number of oxazole rings is 1. The zero-order chi connectivity index (χ0) is 24.5. The van der Waals surface area contributed by atoms with Crippen molar-refractivity contribution >= 4 is 51.0 Å². The molecule has 6 aromatic rings. The van der Waals surface area contributed by atoms with Gasteiger partial charge in [-0.05, 0) is 65.8 Å². The molecule has 0 fully saturated rings. The van der Waals surface area contributed by atoms with E-state index in [0.717, 1.165) is 22.1 Å². The van der Waals surface area contributed by atoms with Gasteiger partial charge in [0, 0.05) is 16.6 Å². The van der Waals surface area contributed by atoms with E-state index in [1.165, 1.54) is 0 Å². The van der Waals surface area contributed by atoms with Crippen molar-refractivity contribution in [1.29, 1.82) is 0 Å². The second-order valence-corrected chi connectivity index (χ2v) is 8.61. The molecule has 0 aliphatic heterocycles. The van der Waals surface area contributed by atoms with Crippen molar-refractivity contribution in [3.8, 4) is 22.6 Å². The molecule has 0 atom stereocenters. The van der Waals surface area contributed by atoms with E-state index in [-0.39, 0.29) is 10.9 Å². The predicted octanol–water partition coefficient (Wildman–Crippen LogP) is 7.03. The van der Waals surface area contributed by atoms with Gasteiger partial charge in [-0.15, -0.1) is 0 Å². The molecule has 0 saturated carbocycles. The van der Waals surface area contributed by atoms with Crippen LogP contribution in [0.2, 0.25) is 0 Å². The highest BCUT2D eigenvalue weighted by molar-refractivity contribution is 7.80. The van der Waals surface area contributed by atoms with Crippen molar-refractivity contribution in [3.63, 3.8) is 0 Å². The second-order valence-electron chi connectivity index (χ2n) is 8.20. The largest absolute Gasteiger partial charge is 0.451 e. The number of para-hydroxylation sites is 1. The minimum absolute atomic E-state index is 0.153. The molecule has 0 bridgehead atoms. The van der Waals surface area contributed by atoms with Crippen molar-refractivity contribution in [1.82, 2.24) is 10.3 Å². The van der Waals surface area contributed by atoms with Crippen LogP contribution in [0.5, 0.6) is 0 Å². The number of fused-ring (bicyclic) bond motifs is 2. The topological polar surface area (TPSA) is 80.3 Å². The zero-order valence-corrected chi connectivity index (χ0v) is 19.7. The van der Waals surface area contributed by atoms with Gasteiger partial charge >= 0.3 is 0 Å². The fourth-order valence-corrected chi connectivity index (χ4v) is 4.20. The summed E-state index contributed by atoms with van der Waals surface area (Å²) in [6, 6.07) is 32.8. The Morgan fingerprint density at radius 2 is 1.44 bits per heavy atom. The molecule has 0 aliphatic rings. The average Bonchev–Trinajstić information content (AvgIpc) is 3.53. The third-order valence-corrected chi connectivity index (χ3v) is 5.96. The van der Waals surface area contributed by atoms with Crippen LogP contribution in [-0.4, -0.2) is 16.0 Å². The van der Waals surface area contributed by atoms with Crippen LogP contribution in [0.4, 0.5) is 5.69 Å². The highest BCUT2D eigenvalue weighted by atomic mass is 32.1. The number of nitrogens with one attached hydrogen (secondary N) is 2. The fraction of sp³-hybridized carbons (Fsp3) is 0. The Morgan fingerprint density at radius 3 is 2.25 bits per heavy atom. The van der Waals surface area contributed by atoms with Gasteiger partial charge in [-0.25, -0.2) is 4.98 Å². The summed E-state index contributed by atoms with van der Waals surface area (Å²) in [5.41, 5.74) is 5.81. The van der Waals surface area contributed by atoms with E-state index in [1.807, 2.05) is 72.8 Å². The van der Waals surface area contributed by atoms with E-state index in [4.69, 9.17) is 21.1 Å². The Balaban J connectivity index is 1.16. The van der Waals surface area contributed by atoms with Crippen molar-refractivity contribution in [2.24, 2.45) is 0 Å². The minimum atomic E-state index is -0.424. The van der Waals surface area contributed by atoms with Crippen molar-refractivity contribution in [2.45, 2.75) is 0 Å². The van der Waals surface area contributed by atoms with Crippen LogP contribution in [0.3, 0.4) is 0 Å². The molecule has 0 radical (unpaired) electrons. The highest BCUT2D eigenvalue weighted by Crippen LogP contribution is 2.28. The van der Waals surface area contributed by atoms with Crippen molar-refractivity contribution in [3.05, 3.63) is 109 Å². The monoisotopic (exact) mass is 489 g/mol. The molecule has 2 N–H and O–H groups in total. The smallest absolute Gasteiger partial charge is 0.293 e. The Hall–Kier alpha value is -4.75. The number of rotatable bonds is 4. The molecule has 4 aromatic carbocycles. The summed E-state index contributed by atoms with van der Waals surface area (Å²) >= 11 is 5.32. The Bertz CT molecular complexity index is 1690. The van der Waals surface area contributed by atoms with Gasteiger partial charge in [0.25, 0.3) is 5.91 Å². The molecular formula is C29H19N3O3S. The van der Waals surface area contributed by atoms with Crippen LogP contribution in [0.15, 0.2) is 112 Å². The summed E-state index contributed by atoms with van der Waals surface area (Å²) < 4.78 is 11.6. The van der Waals surface area contributed by atoms with Gasteiger partial charge in [-0.3, -0.25) is 10.1 Å². The molecule has 6 nitrogen and oxygen atoms in total. The van der Waals surface area contributed by atoms with E-state index in [1.54, 1.807) is 6.07 Å². The molecule has 2 aromatic heterocycles. The predicted molar refractivity (Wildman–Crippen MR) is 145 cm³/mol. The molecule has 7 heteroatoms. The van der Waals surface area contributed by atoms with Gasteiger partial charge in [0.05, 0.1) is 0 Å². The lowest BCUT2D eigenvalue weighted by Crippen LogP contribution is -2.33. The van der Waals surface area contributed by atoms with Gasteiger partial charge in [-0.2, -0.15) is 0 Å². The summed E-state index contributed by atoms with van der Waals surface area (Å²) in [7, 11) is 0. The number of anilines is 1. The summed E-state index contributed by atoms with van der Waals surface area (Å²) in [6.45, 7) is 0. The number of hydrogen-bond donors (Lipinski definition) is 2. The summed E-state index contributed by atoms with van der Waals surface area (Å²) in [5, 5.41) is 6.67. The van der Waals surface area contributed by atoms with Crippen LogP contribution in [-0.2, 0) is 0 Å². The second kappa shape index (κ2) is 9.13. The molecule has 174 valence electrons. The van der Waals surface area contributed by atoms with E-state index in [9.17, 15) is 4.79 Å². The number of furan rings is 1. The molecule has 0 saturated heterocycles. The molecule has 2 heterocycles. The maximum absolute atomic E-state index is 12.5. The first-order chi connectivity index (χ1) is 17.6. The van der Waals surface area contributed by atoms with Gasteiger partial charge in [0.2, 0.25) is 5.89 Å². The number of aromatic nitrogens is 1. The lowest BCUT2D eigenvalue weighted by Gasteiger charge is -2.08. The summed E-state index contributed by atoms with van der Waals surface area (Å²) in [5.74, 6) is 0.296. The molecular weight excluding hydrogens is 470 g/mol. The van der Waals surface area contributed by atoms with Crippen LogP contribution < -0.4 is 10.6 Å². The van der Waals surface area contributed by atoms with Crippen molar-refractivity contribution in [2.75, 3.05) is 5.32 Å². The maximum Gasteiger partial charge on any atom is 0.293 e. The van der Waals surface area contributed by atoms with Crippen molar-refractivity contribution < 1.29 is 13.6 Å². The molecule has 36 heavy (non-hydrogen) atoms. The number of carbonyl (C=O) groups excluding carboxylic acids is 1. The first-order valence-electron chi connectivity index (χ1n) is 11.3. The van der Waals surface area contributed by atoms with Gasteiger partial charge < -0.3 is 14.2 Å². The van der Waals surface area contributed by atoms with Gasteiger partial charge in [0.1, 0.15) is 11.1 Å². The Labute approximate surface area is 211 Å². The lowest BCUT2D eigenvalue weighted by molar-refractivity contribution is 0.0953.